The summed E-state index contributed by atoms with van der Waals surface area (Å²) in [5.74, 6) is -0.293. The van der Waals surface area contributed by atoms with Crippen molar-refractivity contribution in [1.29, 1.82) is 0 Å². The van der Waals surface area contributed by atoms with Crippen molar-refractivity contribution in [2.75, 3.05) is 19.6 Å². The van der Waals surface area contributed by atoms with Crippen molar-refractivity contribution >= 4 is 17.0 Å². The quantitative estimate of drug-likeness (QED) is 0.849. The van der Waals surface area contributed by atoms with Gasteiger partial charge in [0.15, 0.2) is 0 Å². The number of aryl methyl sites for hydroxylation is 1. The predicted octanol–water partition coefficient (Wildman–Crippen LogP) is 3.46. The second-order valence-electron chi connectivity index (χ2n) is 8.84. The van der Waals surface area contributed by atoms with Gasteiger partial charge in [-0.25, -0.2) is 9.18 Å². The van der Waals surface area contributed by atoms with Gasteiger partial charge in [0.1, 0.15) is 5.82 Å². The zero-order valence-electron chi connectivity index (χ0n) is 17.6. The highest BCUT2D eigenvalue weighted by Gasteiger charge is 2.35. The van der Waals surface area contributed by atoms with Gasteiger partial charge in [-0.3, -0.25) is 4.79 Å². The summed E-state index contributed by atoms with van der Waals surface area (Å²) in [4.78, 5) is 27.5. The normalized spacial score (nSPS) is 16.3. The van der Waals surface area contributed by atoms with E-state index in [1.165, 1.54) is 16.7 Å². The van der Waals surface area contributed by atoms with Crippen LogP contribution in [0.25, 0.3) is 10.9 Å². The predicted molar refractivity (Wildman–Crippen MR) is 112 cm³/mol. The molecule has 0 spiro atoms. The van der Waals surface area contributed by atoms with Crippen molar-refractivity contribution < 1.29 is 14.3 Å². The smallest absolute Gasteiger partial charge is 0.407 e. The number of piperidine rings is 1. The number of pyridine rings is 1. The SMILES string of the molecule is Cn1c(=O)ccc2ccc(F)c(CCN3CCC(N(C(=O)O)C(C)(C)C)CC3)c21. The van der Waals surface area contributed by atoms with Crippen LogP contribution in [0.3, 0.4) is 0 Å². The van der Waals surface area contributed by atoms with Crippen molar-refractivity contribution in [2.45, 2.75) is 51.6 Å². The molecule has 1 aromatic heterocycles. The fourth-order valence-corrected chi connectivity index (χ4v) is 4.44. The van der Waals surface area contributed by atoms with Crippen molar-refractivity contribution in [1.82, 2.24) is 14.4 Å². The summed E-state index contributed by atoms with van der Waals surface area (Å²) >= 11 is 0. The summed E-state index contributed by atoms with van der Waals surface area (Å²) in [5.41, 5.74) is 0.625. The molecule has 158 valence electrons. The van der Waals surface area contributed by atoms with E-state index in [9.17, 15) is 19.1 Å². The molecule has 1 fully saturated rings. The van der Waals surface area contributed by atoms with Crippen LogP contribution in [0.4, 0.5) is 9.18 Å². The van der Waals surface area contributed by atoms with E-state index < -0.39 is 11.6 Å². The first-order chi connectivity index (χ1) is 13.6. The van der Waals surface area contributed by atoms with Gasteiger partial charge in [-0.2, -0.15) is 0 Å². The molecule has 1 amide bonds. The minimum absolute atomic E-state index is 0.00105. The lowest BCUT2D eigenvalue weighted by molar-refractivity contribution is 0.0424. The largest absolute Gasteiger partial charge is 0.465 e. The second kappa shape index (κ2) is 8.14. The number of halogens is 1. The number of likely N-dealkylation sites (tertiary alicyclic amines) is 1. The summed E-state index contributed by atoms with van der Waals surface area (Å²) in [6.45, 7) is 7.98. The topological polar surface area (TPSA) is 65.8 Å². The van der Waals surface area contributed by atoms with Crippen LogP contribution in [0, 0.1) is 5.82 Å². The summed E-state index contributed by atoms with van der Waals surface area (Å²) in [5, 5.41) is 10.5. The molecule has 2 heterocycles. The minimum Gasteiger partial charge on any atom is -0.465 e. The fourth-order valence-electron chi connectivity index (χ4n) is 4.44. The van der Waals surface area contributed by atoms with Crippen LogP contribution < -0.4 is 5.56 Å². The van der Waals surface area contributed by atoms with Gasteiger partial charge in [0.25, 0.3) is 5.56 Å². The Morgan fingerprint density at radius 2 is 1.83 bits per heavy atom. The Hall–Kier alpha value is -2.41. The molecule has 0 radical (unpaired) electrons. The molecule has 1 aliphatic rings. The molecule has 0 atom stereocenters. The van der Waals surface area contributed by atoms with Gasteiger partial charge in [-0.1, -0.05) is 0 Å². The van der Waals surface area contributed by atoms with Gasteiger partial charge in [0.2, 0.25) is 0 Å². The number of amides is 1. The third-order valence-corrected chi connectivity index (χ3v) is 5.86. The zero-order chi connectivity index (χ0) is 21.3. The van der Waals surface area contributed by atoms with Gasteiger partial charge < -0.3 is 19.5 Å². The second-order valence-corrected chi connectivity index (χ2v) is 8.84. The average Bonchev–Trinajstić information content (AvgIpc) is 2.64. The van der Waals surface area contributed by atoms with Gasteiger partial charge in [0, 0.05) is 49.9 Å². The number of nitrogens with zero attached hydrogens (tertiary/aromatic N) is 3. The van der Waals surface area contributed by atoms with Crippen molar-refractivity contribution in [3.05, 3.63) is 46.0 Å². The van der Waals surface area contributed by atoms with E-state index >= 15 is 0 Å². The molecular weight excluding hydrogens is 373 g/mol. The van der Waals surface area contributed by atoms with Gasteiger partial charge in [-0.15, -0.1) is 0 Å². The fraction of sp³-hybridized carbons (Fsp3) is 0.545. The molecule has 1 aromatic carbocycles. The first kappa shape index (κ1) is 21.3. The maximum atomic E-state index is 14.6. The Morgan fingerprint density at radius 3 is 2.41 bits per heavy atom. The van der Waals surface area contributed by atoms with Crippen LogP contribution in [-0.2, 0) is 13.5 Å². The molecule has 0 aliphatic carbocycles. The number of hydrogen-bond acceptors (Lipinski definition) is 3. The van der Waals surface area contributed by atoms with Gasteiger partial charge in [-0.05, 0) is 63.6 Å². The zero-order valence-corrected chi connectivity index (χ0v) is 17.6. The standard InChI is InChI=1S/C22H30FN3O3/c1-22(2,3)26(21(28)29)16-9-12-25(13-10-16)14-11-17-18(23)7-5-15-6-8-19(27)24(4)20(15)17/h5-8,16H,9-14H2,1-4H3,(H,28,29). The molecule has 1 N–H and O–H groups in total. The van der Waals surface area contributed by atoms with Crippen LogP contribution in [0.1, 0.15) is 39.2 Å². The number of rotatable bonds is 4. The van der Waals surface area contributed by atoms with E-state index in [0.29, 0.717) is 24.0 Å². The van der Waals surface area contributed by atoms with Crippen LogP contribution in [0.2, 0.25) is 0 Å². The van der Waals surface area contributed by atoms with Crippen LogP contribution >= 0.6 is 0 Å². The number of aromatic nitrogens is 1. The maximum absolute atomic E-state index is 14.6. The number of hydrogen-bond donors (Lipinski definition) is 1. The van der Waals surface area contributed by atoms with E-state index in [4.69, 9.17) is 0 Å². The number of benzene rings is 1. The van der Waals surface area contributed by atoms with E-state index in [1.807, 2.05) is 20.8 Å². The molecule has 3 rings (SSSR count). The summed E-state index contributed by atoms with van der Waals surface area (Å²) in [6.07, 6.45) is 1.16. The molecule has 1 aliphatic heterocycles. The maximum Gasteiger partial charge on any atom is 0.407 e. The molecular formula is C22H30FN3O3. The van der Waals surface area contributed by atoms with E-state index in [2.05, 4.69) is 4.90 Å². The Kier molecular flexibility index (Phi) is 5.98. The Bertz CT molecular complexity index is 956. The monoisotopic (exact) mass is 403 g/mol. The number of fused-ring (bicyclic) bond motifs is 1. The van der Waals surface area contributed by atoms with E-state index in [-0.39, 0.29) is 17.4 Å². The lowest BCUT2D eigenvalue weighted by Crippen LogP contribution is -2.54. The van der Waals surface area contributed by atoms with Crippen molar-refractivity contribution in [3.63, 3.8) is 0 Å². The highest BCUT2D eigenvalue weighted by Crippen LogP contribution is 2.26. The van der Waals surface area contributed by atoms with E-state index in [0.717, 1.165) is 31.3 Å². The molecule has 29 heavy (non-hydrogen) atoms. The molecule has 0 bridgehead atoms. The Morgan fingerprint density at radius 1 is 1.21 bits per heavy atom. The third-order valence-electron chi connectivity index (χ3n) is 5.86. The molecule has 6 nitrogen and oxygen atoms in total. The summed E-state index contributed by atoms with van der Waals surface area (Å²) in [6, 6.07) is 6.39. The van der Waals surface area contributed by atoms with Crippen LogP contribution in [0.5, 0.6) is 0 Å². The highest BCUT2D eigenvalue weighted by atomic mass is 19.1. The number of carboxylic acid groups (broad SMARTS) is 1. The molecule has 1 saturated heterocycles. The molecule has 0 saturated carbocycles. The average molecular weight is 403 g/mol. The highest BCUT2D eigenvalue weighted by molar-refractivity contribution is 5.82. The molecule has 2 aromatic rings. The lowest BCUT2D eigenvalue weighted by atomic mass is 9.96. The molecule has 7 heteroatoms. The Balaban J connectivity index is 1.70. The van der Waals surface area contributed by atoms with Crippen LogP contribution in [-0.4, -0.2) is 56.8 Å². The summed E-state index contributed by atoms with van der Waals surface area (Å²) in [7, 11) is 1.67. The lowest BCUT2D eigenvalue weighted by Gasteiger charge is -2.43. The number of carbonyl (C=O) groups is 1. The first-order valence-electron chi connectivity index (χ1n) is 10.1. The minimum atomic E-state index is -0.880. The Labute approximate surface area is 170 Å². The van der Waals surface area contributed by atoms with E-state index in [1.54, 1.807) is 24.1 Å². The third kappa shape index (κ3) is 4.45. The van der Waals surface area contributed by atoms with Crippen molar-refractivity contribution in [2.24, 2.45) is 7.05 Å². The summed E-state index contributed by atoms with van der Waals surface area (Å²) < 4.78 is 16.1. The van der Waals surface area contributed by atoms with Gasteiger partial charge in [0.05, 0.1) is 5.52 Å². The first-order valence-corrected chi connectivity index (χ1v) is 10.1. The van der Waals surface area contributed by atoms with Crippen LogP contribution in [0.15, 0.2) is 29.1 Å². The van der Waals surface area contributed by atoms with Crippen molar-refractivity contribution in [3.8, 4) is 0 Å². The van der Waals surface area contributed by atoms with Gasteiger partial charge >= 0.3 is 6.09 Å². The molecule has 0 unspecified atom stereocenters.